The Morgan fingerprint density at radius 1 is 1.25 bits per heavy atom. The number of H-pyrrole nitrogens is 1. The maximum atomic E-state index is 12.8. The number of piperidine rings is 1. The number of nitrogens with zero attached hydrogens (tertiary/aromatic N) is 5. The summed E-state index contributed by atoms with van der Waals surface area (Å²) in [6, 6.07) is 9.72. The van der Waals surface area contributed by atoms with Gasteiger partial charge in [-0.3, -0.25) is 4.79 Å². The van der Waals surface area contributed by atoms with Crippen LogP contribution in [0.5, 0.6) is 5.75 Å². The van der Waals surface area contributed by atoms with Crippen LogP contribution >= 0.6 is 0 Å². The topological polar surface area (TPSA) is 99.3 Å². The fraction of sp³-hybridized carbons (Fsp3) is 0.478. The highest BCUT2D eigenvalue weighted by Crippen LogP contribution is 2.26. The number of nitrogens with one attached hydrogen (secondary N) is 2. The molecule has 1 amide bonds. The van der Waals surface area contributed by atoms with E-state index in [-0.39, 0.29) is 11.8 Å². The van der Waals surface area contributed by atoms with E-state index in [1.54, 1.807) is 0 Å². The Hall–Kier alpha value is -3.36. The van der Waals surface area contributed by atoms with Crippen LogP contribution in [0.4, 0.5) is 11.8 Å². The Kier molecular flexibility index (Phi) is 7.03. The smallest absolute Gasteiger partial charge is 0.227 e. The molecule has 0 saturated carbocycles. The first kappa shape index (κ1) is 21.9. The Morgan fingerprint density at radius 2 is 2.06 bits per heavy atom. The molecular weight excluding hydrogens is 406 g/mol. The molecule has 9 heteroatoms. The zero-order valence-corrected chi connectivity index (χ0v) is 18.8. The zero-order valence-electron chi connectivity index (χ0n) is 18.8. The molecule has 1 aliphatic heterocycles. The van der Waals surface area contributed by atoms with E-state index in [9.17, 15) is 4.79 Å². The molecule has 1 saturated heterocycles. The molecule has 2 aromatic heterocycles. The molecule has 170 valence electrons. The molecule has 0 aliphatic carbocycles. The van der Waals surface area contributed by atoms with Crippen LogP contribution in [0.3, 0.4) is 0 Å². The molecule has 1 aliphatic rings. The lowest BCUT2D eigenvalue weighted by atomic mass is 9.96. The van der Waals surface area contributed by atoms with E-state index in [2.05, 4.69) is 30.2 Å². The molecule has 3 heterocycles. The van der Waals surface area contributed by atoms with Gasteiger partial charge in [0.1, 0.15) is 24.2 Å². The van der Waals surface area contributed by atoms with Gasteiger partial charge in [-0.1, -0.05) is 18.2 Å². The third-order valence-corrected chi connectivity index (χ3v) is 5.83. The van der Waals surface area contributed by atoms with E-state index in [1.807, 2.05) is 49.1 Å². The predicted octanol–water partition coefficient (Wildman–Crippen LogP) is 2.93. The maximum absolute atomic E-state index is 12.8. The highest BCUT2D eigenvalue weighted by molar-refractivity contribution is 5.84. The first-order valence-electron chi connectivity index (χ1n) is 11.4. The number of imidazole rings is 1. The Labute approximate surface area is 188 Å². The van der Waals surface area contributed by atoms with Crippen molar-refractivity contribution in [1.82, 2.24) is 24.8 Å². The number of anilines is 2. The van der Waals surface area contributed by atoms with Gasteiger partial charge in [-0.2, -0.15) is 4.98 Å². The molecule has 2 N–H and O–H groups in total. The zero-order chi connectivity index (χ0) is 22.3. The molecule has 3 aromatic rings. The maximum Gasteiger partial charge on any atom is 0.227 e. The van der Waals surface area contributed by atoms with Crippen molar-refractivity contribution in [2.45, 2.75) is 26.7 Å². The number of carbonyl (C=O) groups is 1. The van der Waals surface area contributed by atoms with Gasteiger partial charge in [-0.15, -0.1) is 0 Å². The first-order chi connectivity index (χ1) is 15.7. The van der Waals surface area contributed by atoms with Gasteiger partial charge in [0.15, 0.2) is 11.5 Å². The number of para-hydroxylation sites is 1. The van der Waals surface area contributed by atoms with Crippen molar-refractivity contribution in [1.29, 1.82) is 0 Å². The predicted molar refractivity (Wildman–Crippen MR) is 125 cm³/mol. The van der Waals surface area contributed by atoms with E-state index in [1.165, 1.54) is 6.33 Å². The van der Waals surface area contributed by atoms with Crippen molar-refractivity contribution in [2.75, 3.05) is 49.5 Å². The van der Waals surface area contributed by atoms with Gasteiger partial charge in [0.2, 0.25) is 11.9 Å². The van der Waals surface area contributed by atoms with E-state index in [0.717, 1.165) is 49.7 Å². The number of rotatable bonds is 9. The molecule has 4 rings (SSSR count). The van der Waals surface area contributed by atoms with Gasteiger partial charge in [0, 0.05) is 26.2 Å². The van der Waals surface area contributed by atoms with Gasteiger partial charge < -0.3 is 24.8 Å². The van der Waals surface area contributed by atoms with Crippen molar-refractivity contribution >= 4 is 28.8 Å². The number of amides is 1. The van der Waals surface area contributed by atoms with E-state index in [4.69, 9.17) is 4.74 Å². The normalized spacial score (nSPS) is 16.2. The molecule has 1 fully saturated rings. The number of ether oxygens (including phenoxy) is 1. The van der Waals surface area contributed by atoms with Crippen LogP contribution in [0.1, 0.15) is 26.7 Å². The fourth-order valence-corrected chi connectivity index (χ4v) is 4.12. The molecule has 1 aromatic carbocycles. The second kappa shape index (κ2) is 10.3. The lowest BCUT2D eigenvalue weighted by Gasteiger charge is -2.34. The summed E-state index contributed by atoms with van der Waals surface area (Å²) in [6.07, 6.45) is 3.39. The SMILES string of the molecule is CCN(CC)C(=O)C1CCCN(c2nc3ncnc(NCCOc4ccccc4)c3[nH]2)C1. The standard InChI is InChI=1S/C23H31N7O2/c1-3-29(4-2)22(31)17-9-8-13-30(15-17)23-27-19-20(25-16-26-21(19)28-23)24-12-14-32-18-10-6-5-7-11-18/h5-7,10-11,16-17H,3-4,8-9,12-15H2,1-2H3,(H2,24,25,26,27,28). The summed E-state index contributed by atoms with van der Waals surface area (Å²) in [5.41, 5.74) is 1.37. The Balaban J connectivity index is 1.41. The largest absolute Gasteiger partial charge is 0.492 e. The Morgan fingerprint density at radius 3 is 2.84 bits per heavy atom. The summed E-state index contributed by atoms with van der Waals surface area (Å²) in [6.45, 7) is 8.18. The number of aromatic nitrogens is 4. The van der Waals surface area contributed by atoms with Crippen LogP contribution in [0.2, 0.25) is 0 Å². The number of carbonyl (C=O) groups excluding carboxylic acids is 1. The molecule has 0 bridgehead atoms. The number of aromatic amines is 1. The highest BCUT2D eigenvalue weighted by atomic mass is 16.5. The van der Waals surface area contributed by atoms with Gasteiger partial charge in [0.05, 0.1) is 12.5 Å². The fourth-order valence-electron chi connectivity index (χ4n) is 4.12. The average molecular weight is 438 g/mol. The summed E-state index contributed by atoms with van der Waals surface area (Å²) < 4.78 is 5.74. The van der Waals surface area contributed by atoms with Crippen LogP contribution in [-0.4, -0.2) is 70.1 Å². The monoisotopic (exact) mass is 437 g/mol. The number of fused-ring (bicyclic) bond motifs is 1. The van der Waals surface area contributed by atoms with E-state index in [0.29, 0.717) is 31.2 Å². The number of hydrogen-bond acceptors (Lipinski definition) is 7. The first-order valence-corrected chi connectivity index (χ1v) is 11.4. The van der Waals surface area contributed by atoms with Gasteiger partial charge in [-0.05, 0) is 38.8 Å². The van der Waals surface area contributed by atoms with Crippen LogP contribution in [0, 0.1) is 5.92 Å². The quantitative estimate of drug-likeness (QED) is 0.497. The van der Waals surface area contributed by atoms with Crippen LogP contribution in [-0.2, 0) is 4.79 Å². The summed E-state index contributed by atoms with van der Waals surface area (Å²) in [5, 5.41) is 3.30. The summed E-state index contributed by atoms with van der Waals surface area (Å²) in [4.78, 5) is 33.6. The third kappa shape index (κ3) is 4.92. The van der Waals surface area contributed by atoms with Gasteiger partial charge in [0.25, 0.3) is 0 Å². The molecule has 1 atom stereocenters. The summed E-state index contributed by atoms with van der Waals surface area (Å²) in [7, 11) is 0. The van der Waals surface area contributed by atoms with Crippen molar-refractivity contribution in [3.05, 3.63) is 36.7 Å². The Bertz CT molecular complexity index is 1020. The van der Waals surface area contributed by atoms with E-state index < -0.39 is 0 Å². The minimum atomic E-state index is -0.00400. The molecule has 1 unspecified atom stereocenters. The van der Waals surface area contributed by atoms with Crippen LogP contribution in [0.15, 0.2) is 36.7 Å². The lowest BCUT2D eigenvalue weighted by Crippen LogP contribution is -2.45. The minimum absolute atomic E-state index is 0.00400. The summed E-state index contributed by atoms with van der Waals surface area (Å²) >= 11 is 0. The molecule has 0 radical (unpaired) electrons. The van der Waals surface area contributed by atoms with E-state index >= 15 is 0 Å². The van der Waals surface area contributed by atoms with Crippen molar-refractivity contribution in [3.8, 4) is 5.75 Å². The highest BCUT2D eigenvalue weighted by Gasteiger charge is 2.29. The van der Waals surface area contributed by atoms with Crippen molar-refractivity contribution in [2.24, 2.45) is 5.92 Å². The van der Waals surface area contributed by atoms with Crippen molar-refractivity contribution < 1.29 is 9.53 Å². The molecule has 32 heavy (non-hydrogen) atoms. The third-order valence-electron chi connectivity index (χ3n) is 5.83. The lowest BCUT2D eigenvalue weighted by molar-refractivity contribution is -0.135. The molecule has 0 spiro atoms. The number of hydrogen-bond donors (Lipinski definition) is 2. The van der Waals surface area contributed by atoms with Crippen LogP contribution in [0.25, 0.3) is 11.2 Å². The second-order valence-corrected chi connectivity index (χ2v) is 7.87. The van der Waals surface area contributed by atoms with Gasteiger partial charge in [-0.25, -0.2) is 9.97 Å². The van der Waals surface area contributed by atoms with Crippen molar-refractivity contribution in [3.63, 3.8) is 0 Å². The minimum Gasteiger partial charge on any atom is -0.492 e. The van der Waals surface area contributed by atoms with Gasteiger partial charge >= 0.3 is 0 Å². The molecular formula is C23H31N7O2. The summed E-state index contributed by atoms with van der Waals surface area (Å²) in [5.74, 6) is 2.50. The number of benzene rings is 1. The van der Waals surface area contributed by atoms with Crippen LogP contribution < -0.4 is 15.0 Å². The second-order valence-electron chi connectivity index (χ2n) is 7.87. The molecule has 9 nitrogen and oxygen atoms in total. The average Bonchev–Trinajstić information content (AvgIpc) is 3.28.